The van der Waals surface area contributed by atoms with E-state index in [1.807, 2.05) is 29.2 Å². The Hall–Kier alpha value is -2.35. The molecule has 2 bridgehead atoms. The maximum Gasteiger partial charge on any atom is 0.247 e. The number of nitrogens with zero attached hydrogens (tertiary/aromatic N) is 1. The Bertz CT molecular complexity index is 690. The minimum Gasteiger partial charge on any atom is -0.327 e. The molecular formula is C18H15NO. The lowest BCUT2D eigenvalue weighted by Crippen LogP contribution is -2.42. The van der Waals surface area contributed by atoms with Gasteiger partial charge < -0.3 is 4.90 Å². The lowest BCUT2D eigenvalue weighted by Gasteiger charge is -2.43. The highest BCUT2D eigenvalue weighted by atomic mass is 16.2. The molecular weight excluding hydrogens is 246 g/mol. The van der Waals surface area contributed by atoms with Gasteiger partial charge in [-0.3, -0.25) is 4.79 Å². The molecule has 0 fully saturated rings. The first-order chi connectivity index (χ1) is 9.84. The Kier molecular flexibility index (Phi) is 2.49. The van der Waals surface area contributed by atoms with Crippen LogP contribution in [0.15, 0.2) is 66.7 Å². The average Bonchev–Trinajstić information content (AvgIpc) is 2.51. The Labute approximate surface area is 118 Å². The fourth-order valence-electron chi connectivity index (χ4n) is 3.39. The van der Waals surface area contributed by atoms with Gasteiger partial charge >= 0.3 is 0 Å². The standard InChI is InChI=1S/C18H15NO/c20-17-11-10-16-15-9-5-4-8-14(15)12-19(17)18(16)13-6-2-1-3-7-13/h1-11,16,18H,12H2/t16-,18-/m0/s1. The molecule has 0 radical (unpaired) electrons. The Morgan fingerprint density at radius 2 is 1.70 bits per heavy atom. The van der Waals surface area contributed by atoms with E-state index >= 15 is 0 Å². The second-order valence-electron chi connectivity index (χ2n) is 5.41. The molecule has 20 heavy (non-hydrogen) atoms. The predicted molar refractivity (Wildman–Crippen MR) is 78.1 cm³/mol. The lowest BCUT2D eigenvalue weighted by atomic mass is 9.78. The topological polar surface area (TPSA) is 20.3 Å². The van der Waals surface area contributed by atoms with Crippen molar-refractivity contribution in [2.75, 3.05) is 0 Å². The van der Waals surface area contributed by atoms with Crippen molar-refractivity contribution in [2.45, 2.75) is 18.5 Å². The molecule has 0 spiro atoms. The monoisotopic (exact) mass is 261 g/mol. The number of carbonyl (C=O) groups excluding carboxylic acids is 1. The first-order valence-electron chi connectivity index (χ1n) is 6.96. The third-order valence-corrected chi connectivity index (χ3v) is 4.30. The van der Waals surface area contributed by atoms with Crippen molar-refractivity contribution >= 4 is 5.91 Å². The van der Waals surface area contributed by atoms with Gasteiger partial charge in [0.25, 0.3) is 0 Å². The van der Waals surface area contributed by atoms with Crippen LogP contribution in [-0.2, 0) is 11.3 Å². The zero-order chi connectivity index (χ0) is 13.5. The molecule has 2 heterocycles. The number of hydrogen-bond donors (Lipinski definition) is 0. The number of amides is 1. The van der Waals surface area contributed by atoms with E-state index < -0.39 is 0 Å². The molecule has 0 saturated carbocycles. The van der Waals surface area contributed by atoms with Crippen LogP contribution >= 0.6 is 0 Å². The van der Waals surface area contributed by atoms with Crippen molar-refractivity contribution in [3.8, 4) is 0 Å². The van der Waals surface area contributed by atoms with Gasteiger partial charge in [-0.15, -0.1) is 0 Å². The molecule has 2 nitrogen and oxygen atoms in total. The van der Waals surface area contributed by atoms with Crippen LogP contribution in [0.2, 0.25) is 0 Å². The summed E-state index contributed by atoms with van der Waals surface area (Å²) in [6, 6.07) is 18.9. The fraction of sp³-hybridized carbons (Fsp3) is 0.167. The van der Waals surface area contributed by atoms with Gasteiger partial charge in [-0.25, -0.2) is 0 Å². The maximum absolute atomic E-state index is 12.2. The second-order valence-corrected chi connectivity index (χ2v) is 5.41. The van der Waals surface area contributed by atoms with E-state index in [-0.39, 0.29) is 17.9 Å². The van der Waals surface area contributed by atoms with Crippen molar-refractivity contribution in [1.29, 1.82) is 0 Å². The van der Waals surface area contributed by atoms with Crippen LogP contribution < -0.4 is 0 Å². The van der Waals surface area contributed by atoms with Crippen molar-refractivity contribution in [1.82, 2.24) is 4.90 Å². The molecule has 0 unspecified atom stereocenters. The van der Waals surface area contributed by atoms with Crippen molar-refractivity contribution in [3.05, 3.63) is 83.4 Å². The SMILES string of the molecule is O=C1C=C[C@H]2c3ccccc3CN1[C@H]2c1ccccc1. The summed E-state index contributed by atoms with van der Waals surface area (Å²) in [6.07, 6.45) is 3.79. The quantitative estimate of drug-likeness (QED) is 0.770. The Morgan fingerprint density at radius 1 is 0.950 bits per heavy atom. The molecule has 4 rings (SSSR count). The highest BCUT2D eigenvalue weighted by Gasteiger charge is 2.38. The smallest absolute Gasteiger partial charge is 0.247 e. The van der Waals surface area contributed by atoms with E-state index in [0.29, 0.717) is 6.54 Å². The predicted octanol–water partition coefficient (Wildman–Crippen LogP) is 3.42. The van der Waals surface area contributed by atoms with E-state index in [4.69, 9.17) is 0 Å². The third kappa shape index (κ3) is 1.61. The molecule has 2 atom stereocenters. The summed E-state index contributed by atoms with van der Waals surface area (Å²) < 4.78 is 0. The van der Waals surface area contributed by atoms with Crippen LogP contribution in [-0.4, -0.2) is 10.8 Å². The highest BCUT2D eigenvalue weighted by molar-refractivity contribution is 5.90. The molecule has 1 amide bonds. The summed E-state index contributed by atoms with van der Waals surface area (Å²) in [5.41, 5.74) is 3.83. The van der Waals surface area contributed by atoms with E-state index in [2.05, 4.69) is 36.4 Å². The normalized spacial score (nSPS) is 23.6. The molecule has 2 aromatic rings. The van der Waals surface area contributed by atoms with Crippen LogP contribution in [0.5, 0.6) is 0 Å². The van der Waals surface area contributed by atoms with Gasteiger partial charge in [0.05, 0.1) is 6.04 Å². The van der Waals surface area contributed by atoms with Gasteiger partial charge in [0, 0.05) is 12.5 Å². The van der Waals surface area contributed by atoms with Gasteiger partial charge in [-0.2, -0.15) is 0 Å². The van der Waals surface area contributed by atoms with E-state index in [9.17, 15) is 4.79 Å². The number of carbonyl (C=O) groups is 1. The minimum absolute atomic E-state index is 0.115. The first-order valence-corrected chi connectivity index (χ1v) is 6.96. The molecule has 2 aromatic carbocycles. The number of hydrogen-bond acceptors (Lipinski definition) is 1. The molecule has 0 aliphatic carbocycles. The van der Waals surface area contributed by atoms with Gasteiger partial charge in [0.15, 0.2) is 0 Å². The van der Waals surface area contributed by atoms with Gasteiger partial charge in [0.2, 0.25) is 5.91 Å². The Balaban J connectivity index is 1.89. The average molecular weight is 261 g/mol. The van der Waals surface area contributed by atoms with Crippen molar-refractivity contribution < 1.29 is 4.79 Å². The Morgan fingerprint density at radius 3 is 2.55 bits per heavy atom. The molecule has 2 aliphatic rings. The zero-order valence-corrected chi connectivity index (χ0v) is 11.1. The summed E-state index contributed by atoms with van der Waals surface area (Å²) in [5.74, 6) is 0.379. The molecule has 2 aliphatic heterocycles. The van der Waals surface area contributed by atoms with Crippen molar-refractivity contribution in [2.24, 2.45) is 0 Å². The van der Waals surface area contributed by atoms with Crippen LogP contribution in [0.25, 0.3) is 0 Å². The zero-order valence-electron chi connectivity index (χ0n) is 11.1. The van der Waals surface area contributed by atoms with E-state index in [1.165, 1.54) is 16.7 Å². The van der Waals surface area contributed by atoms with Crippen LogP contribution in [0.1, 0.15) is 28.7 Å². The molecule has 2 heteroatoms. The van der Waals surface area contributed by atoms with E-state index in [1.54, 1.807) is 6.08 Å². The summed E-state index contributed by atoms with van der Waals surface area (Å²) in [6.45, 7) is 0.704. The largest absolute Gasteiger partial charge is 0.327 e. The van der Waals surface area contributed by atoms with E-state index in [0.717, 1.165) is 0 Å². The van der Waals surface area contributed by atoms with Gasteiger partial charge in [-0.05, 0) is 22.8 Å². The fourth-order valence-corrected chi connectivity index (χ4v) is 3.39. The first kappa shape index (κ1) is 11.5. The van der Waals surface area contributed by atoms with Crippen LogP contribution in [0.4, 0.5) is 0 Å². The second kappa shape index (κ2) is 4.34. The molecule has 0 aromatic heterocycles. The summed E-state index contributed by atoms with van der Waals surface area (Å²) in [5, 5.41) is 0. The molecule has 0 N–H and O–H groups in total. The number of rotatable bonds is 1. The summed E-state index contributed by atoms with van der Waals surface area (Å²) >= 11 is 0. The molecule has 0 saturated heterocycles. The van der Waals surface area contributed by atoms with Crippen LogP contribution in [0, 0.1) is 0 Å². The van der Waals surface area contributed by atoms with Gasteiger partial charge in [-0.1, -0.05) is 60.7 Å². The highest BCUT2D eigenvalue weighted by Crippen LogP contribution is 2.45. The maximum atomic E-state index is 12.2. The summed E-state index contributed by atoms with van der Waals surface area (Å²) in [4.78, 5) is 14.2. The third-order valence-electron chi connectivity index (χ3n) is 4.30. The molecule has 98 valence electrons. The number of benzene rings is 2. The minimum atomic E-state index is 0.115. The number of fused-ring (bicyclic) bond motifs is 4. The van der Waals surface area contributed by atoms with Crippen LogP contribution in [0.3, 0.4) is 0 Å². The summed E-state index contributed by atoms with van der Waals surface area (Å²) in [7, 11) is 0. The van der Waals surface area contributed by atoms with Gasteiger partial charge in [0.1, 0.15) is 0 Å². The lowest BCUT2D eigenvalue weighted by molar-refractivity contribution is -0.130. The van der Waals surface area contributed by atoms with Crippen molar-refractivity contribution in [3.63, 3.8) is 0 Å².